The summed E-state index contributed by atoms with van der Waals surface area (Å²) in [5.74, 6) is 1.03. The van der Waals surface area contributed by atoms with E-state index in [-0.39, 0.29) is 0 Å². The molecule has 0 amide bonds. The Morgan fingerprint density at radius 3 is 2.62 bits per heavy atom. The number of benzene rings is 1. The van der Waals surface area contributed by atoms with Crippen LogP contribution >= 0.6 is 0 Å². The van der Waals surface area contributed by atoms with Gasteiger partial charge in [-0.3, -0.25) is 4.68 Å². The van der Waals surface area contributed by atoms with Crippen LogP contribution in [0, 0.1) is 0 Å². The molecule has 0 saturated carbocycles. The van der Waals surface area contributed by atoms with E-state index in [1.54, 1.807) is 0 Å². The van der Waals surface area contributed by atoms with Crippen LogP contribution in [-0.4, -0.2) is 23.9 Å². The summed E-state index contributed by atoms with van der Waals surface area (Å²) in [6.07, 6.45) is 0. The highest BCUT2D eigenvalue weighted by Gasteiger charge is 2.07. The lowest BCUT2D eigenvalue weighted by Gasteiger charge is -2.07. The Hall–Kier alpha value is -1.51. The van der Waals surface area contributed by atoms with Crippen molar-refractivity contribution in [2.24, 2.45) is 7.05 Å². The molecular weight excluding hydrogens is 162 g/mol. The summed E-state index contributed by atoms with van der Waals surface area (Å²) >= 11 is 0. The maximum atomic E-state index is 4.43. The van der Waals surface area contributed by atoms with Crippen molar-refractivity contribution in [3.05, 3.63) is 24.3 Å². The lowest BCUT2D eigenvalue weighted by atomic mass is 10.2. The molecule has 0 unspecified atom stereocenters. The SMILES string of the molecule is CN(C)c1nn(C)c2ccccc12. The lowest BCUT2D eigenvalue weighted by molar-refractivity contribution is 0.789. The van der Waals surface area contributed by atoms with Gasteiger partial charge < -0.3 is 4.90 Å². The quantitative estimate of drug-likeness (QED) is 0.657. The minimum absolute atomic E-state index is 1.03. The summed E-state index contributed by atoms with van der Waals surface area (Å²) < 4.78 is 1.91. The molecule has 3 nitrogen and oxygen atoms in total. The second-order valence-electron chi connectivity index (χ2n) is 3.36. The first-order valence-corrected chi connectivity index (χ1v) is 4.29. The zero-order valence-corrected chi connectivity index (χ0v) is 8.15. The van der Waals surface area contributed by atoms with Crippen molar-refractivity contribution in [3.63, 3.8) is 0 Å². The van der Waals surface area contributed by atoms with Gasteiger partial charge in [0.2, 0.25) is 0 Å². The van der Waals surface area contributed by atoms with E-state index in [1.807, 2.05) is 42.9 Å². The van der Waals surface area contributed by atoms with Crippen molar-refractivity contribution in [2.45, 2.75) is 0 Å². The lowest BCUT2D eigenvalue weighted by Crippen LogP contribution is -2.09. The Labute approximate surface area is 77.6 Å². The Bertz CT molecular complexity index is 429. The van der Waals surface area contributed by atoms with Gasteiger partial charge in [-0.2, -0.15) is 5.10 Å². The smallest absolute Gasteiger partial charge is 0.158 e. The normalized spacial score (nSPS) is 10.7. The number of hydrogen-bond donors (Lipinski definition) is 0. The maximum absolute atomic E-state index is 4.43. The van der Waals surface area contributed by atoms with Crippen LogP contribution in [0.15, 0.2) is 24.3 Å². The Morgan fingerprint density at radius 1 is 1.23 bits per heavy atom. The number of para-hydroxylation sites is 1. The molecule has 3 heteroatoms. The number of aromatic nitrogens is 2. The molecule has 2 aromatic rings. The van der Waals surface area contributed by atoms with Crippen LogP contribution in [0.1, 0.15) is 0 Å². The Balaban J connectivity index is 2.78. The van der Waals surface area contributed by atoms with Crippen molar-refractivity contribution >= 4 is 16.7 Å². The van der Waals surface area contributed by atoms with Crippen molar-refractivity contribution in [3.8, 4) is 0 Å². The van der Waals surface area contributed by atoms with Crippen LogP contribution in [0.25, 0.3) is 10.9 Å². The van der Waals surface area contributed by atoms with E-state index in [2.05, 4.69) is 17.2 Å². The van der Waals surface area contributed by atoms with E-state index in [0.717, 1.165) is 5.82 Å². The second kappa shape index (κ2) is 2.76. The van der Waals surface area contributed by atoms with Crippen LogP contribution in [0.4, 0.5) is 5.82 Å². The molecular formula is C10H13N3. The van der Waals surface area contributed by atoms with Gasteiger partial charge in [0, 0.05) is 26.5 Å². The fourth-order valence-electron chi connectivity index (χ4n) is 1.53. The Morgan fingerprint density at radius 2 is 1.92 bits per heavy atom. The third kappa shape index (κ3) is 1.16. The molecule has 1 aromatic heterocycles. The minimum Gasteiger partial charge on any atom is -0.361 e. The van der Waals surface area contributed by atoms with Gasteiger partial charge in [0.25, 0.3) is 0 Å². The van der Waals surface area contributed by atoms with Gasteiger partial charge in [0.1, 0.15) is 0 Å². The van der Waals surface area contributed by atoms with Crippen LogP contribution in [-0.2, 0) is 7.05 Å². The summed E-state index contributed by atoms with van der Waals surface area (Å²) in [6.45, 7) is 0. The van der Waals surface area contributed by atoms with E-state index in [1.165, 1.54) is 10.9 Å². The average molecular weight is 175 g/mol. The first kappa shape index (κ1) is 8.10. The molecule has 0 fully saturated rings. The van der Waals surface area contributed by atoms with Crippen LogP contribution in [0.3, 0.4) is 0 Å². The highest BCUT2D eigenvalue weighted by Crippen LogP contribution is 2.23. The fourth-order valence-corrected chi connectivity index (χ4v) is 1.53. The first-order chi connectivity index (χ1) is 6.20. The zero-order valence-electron chi connectivity index (χ0n) is 8.15. The van der Waals surface area contributed by atoms with E-state index < -0.39 is 0 Å². The average Bonchev–Trinajstić information content (AvgIpc) is 2.45. The molecule has 0 bridgehead atoms. The van der Waals surface area contributed by atoms with Gasteiger partial charge >= 0.3 is 0 Å². The van der Waals surface area contributed by atoms with Gasteiger partial charge in [-0.1, -0.05) is 12.1 Å². The molecule has 0 atom stereocenters. The predicted octanol–water partition coefficient (Wildman–Crippen LogP) is 1.64. The van der Waals surface area contributed by atoms with Gasteiger partial charge in [-0.15, -0.1) is 0 Å². The third-order valence-electron chi connectivity index (χ3n) is 2.16. The van der Waals surface area contributed by atoms with Crippen LogP contribution in [0.5, 0.6) is 0 Å². The molecule has 13 heavy (non-hydrogen) atoms. The standard InChI is InChI=1S/C10H13N3/c1-12(2)10-8-6-4-5-7-9(8)13(3)11-10/h4-7H,1-3H3. The molecule has 2 rings (SSSR count). The molecule has 0 spiro atoms. The number of rotatable bonds is 1. The van der Waals surface area contributed by atoms with Crippen LogP contribution in [0.2, 0.25) is 0 Å². The Kier molecular flexibility index (Phi) is 1.72. The van der Waals surface area contributed by atoms with Crippen molar-refractivity contribution < 1.29 is 0 Å². The number of aryl methyl sites for hydroxylation is 1. The van der Waals surface area contributed by atoms with Crippen molar-refractivity contribution in [2.75, 3.05) is 19.0 Å². The number of hydrogen-bond acceptors (Lipinski definition) is 2. The second-order valence-corrected chi connectivity index (χ2v) is 3.36. The van der Waals surface area contributed by atoms with Crippen molar-refractivity contribution in [1.29, 1.82) is 0 Å². The zero-order chi connectivity index (χ0) is 9.42. The molecule has 0 aliphatic rings. The summed E-state index contributed by atoms with van der Waals surface area (Å²) in [7, 11) is 5.98. The highest BCUT2D eigenvalue weighted by atomic mass is 15.3. The van der Waals surface area contributed by atoms with E-state index in [4.69, 9.17) is 0 Å². The predicted molar refractivity (Wildman–Crippen MR) is 55.0 cm³/mol. The van der Waals surface area contributed by atoms with Gasteiger partial charge in [-0.25, -0.2) is 0 Å². The molecule has 0 saturated heterocycles. The number of anilines is 1. The summed E-state index contributed by atoms with van der Waals surface area (Å²) in [4.78, 5) is 2.03. The highest BCUT2D eigenvalue weighted by molar-refractivity contribution is 5.90. The third-order valence-corrected chi connectivity index (χ3v) is 2.16. The molecule has 68 valence electrons. The van der Waals surface area contributed by atoms with Gasteiger partial charge in [0.15, 0.2) is 5.82 Å². The van der Waals surface area contributed by atoms with Gasteiger partial charge in [0.05, 0.1) is 5.52 Å². The van der Waals surface area contributed by atoms with Gasteiger partial charge in [-0.05, 0) is 12.1 Å². The maximum Gasteiger partial charge on any atom is 0.158 e. The molecule has 1 aromatic carbocycles. The fraction of sp³-hybridized carbons (Fsp3) is 0.300. The summed E-state index contributed by atoms with van der Waals surface area (Å²) in [6, 6.07) is 8.24. The van der Waals surface area contributed by atoms with Crippen LogP contribution < -0.4 is 4.90 Å². The first-order valence-electron chi connectivity index (χ1n) is 4.29. The number of fused-ring (bicyclic) bond motifs is 1. The summed E-state index contributed by atoms with van der Waals surface area (Å²) in [5.41, 5.74) is 1.17. The molecule has 1 heterocycles. The largest absolute Gasteiger partial charge is 0.361 e. The monoisotopic (exact) mass is 175 g/mol. The van der Waals surface area contributed by atoms with E-state index in [0.29, 0.717) is 0 Å². The molecule has 0 N–H and O–H groups in total. The number of nitrogens with zero attached hydrogens (tertiary/aromatic N) is 3. The van der Waals surface area contributed by atoms with Crippen molar-refractivity contribution in [1.82, 2.24) is 9.78 Å². The minimum atomic E-state index is 1.03. The van der Waals surface area contributed by atoms with E-state index >= 15 is 0 Å². The molecule has 0 radical (unpaired) electrons. The molecule has 0 aliphatic carbocycles. The van der Waals surface area contributed by atoms with E-state index in [9.17, 15) is 0 Å². The molecule has 0 aliphatic heterocycles. The topological polar surface area (TPSA) is 21.1 Å². The summed E-state index contributed by atoms with van der Waals surface area (Å²) in [5, 5.41) is 5.64.